The monoisotopic (exact) mass is 261 g/mol. The minimum atomic E-state index is -0.0620. The quantitative estimate of drug-likeness (QED) is 0.794. The van der Waals surface area contributed by atoms with Gasteiger partial charge in [0.1, 0.15) is 5.75 Å². The summed E-state index contributed by atoms with van der Waals surface area (Å²) in [6.45, 7) is 0. The van der Waals surface area contributed by atoms with Gasteiger partial charge >= 0.3 is 0 Å². The van der Waals surface area contributed by atoms with E-state index in [2.05, 4.69) is 4.98 Å². The van der Waals surface area contributed by atoms with Gasteiger partial charge in [-0.05, 0) is 30.3 Å². The Kier molecular flexibility index (Phi) is 3.95. The summed E-state index contributed by atoms with van der Waals surface area (Å²) in [5.74, 6) is 0.466. The van der Waals surface area contributed by atoms with Gasteiger partial charge in [-0.15, -0.1) is 0 Å². The summed E-state index contributed by atoms with van der Waals surface area (Å²) >= 11 is 5.90. The third-order valence-electron chi connectivity index (χ3n) is 2.53. The van der Waals surface area contributed by atoms with E-state index in [1.165, 1.54) is 7.11 Å². The molecule has 0 fully saturated rings. The van der Waals surface area contributed by atoms with Crippen LogP contribution < -0.4 is 4.74 Å². The summed E-state index contributed by atoms with van der Waals surface area (Å²) in [6.07, 6.45) is 1.90. The molecule has 3 nitrogen and oxygen atoms in total. The van der Waals surface area contributed by atoms with Crippen LogP contribution in [0.15, 0.2) is 42.6 Å². The van der Waals surface area contributed by atoms with Crippen molar-refractivity contribution in [2.45, 2.75) is 6.42 Å². The van der Waals surface area contributed by atoms with Crippen molar-refractivity contribution < 1.29 is 9.53 Å². The maximum atomic E-state index is 12.2. The molecule has 1 aromatic heterocycles. The van der Waals surface area contributed by atoms with Crippen molar-refractivity contribution in [3.8, 4) is 5.75 Å². The van der Waals surface area contributed by atoms with Crippen LogP contribution in [0.2, 0.25) is 5.02 Å². The molecule has 0 bridgehead atoms. The number of methoxy groups -OCH3 is 1. The van der Waals surface area contributed by atoms with Crippen molar-refractivity contribution in [2.75, 3.05) is 7.11 Å². The van der Waals surface area contributed by atoms with E-state index in [-0.39, 0.29) is 12.2 Å². The highest BCUT2D eigenvalue weighted by Gasteiger charge is 2.13. The number of Topliss-reactive ketones (excluding diaryl/α,β-unsaturated/α-hetero) is 1. The minimum Gasteiger partial charge on any atom is -0.496 e. The molecule has 0 aliphatic carbocycles. The molecule has 4 heteroatoms. The van der Waals surface area contributed by atoms with Gasteiger partial charge in [0, 0.05) is 16.9 Å². The maximum absolute atomic E-state index is 12.2. The van der Waals surface area contributed by atoms with E-state index in [1.54, 1.807) is 24.4 Å². The van der Waals surface area contributed by atoms with Gasteiger partial charge in [-0.25, -0.2) is 0 Å². The van der Waals surface area contributed by atoms with Crippen LogP contribution in [0.4, 0.5) is 0 Å². The first kappa shape index (κ1) is 12.6. The van der Waals surface area contributed by atoms with Crippen LogP contribution in [-0.4, -0.2) is 17.9 Å². The molecule has 0 radical (unpaired) electrons. The summed E-state index contributed by atoms with van der Waals surface area (Å²) in [4.78, 5) is 16.3. The zero-order valence-electron chi connectivity index (χ0n) is 9.89. The molecule has 0 aliphatic rings. The van der Waals surface area contributed by atoms with Crippen molar-refractivity contribution >= 4 is 17.4 Å². The van der Waals surface area contributed by atoms with E-state index in [0.29, 0.717) is 16.3 Å². The Morgan fingerprint density at radius 3 is 2.83 bits per heavy atom. The lowest BCUT2D eigenvalue weighted by molar-refractivity contribution is 0.0989. The van der Waals surface area contributed by atoms with Gasteiger partial charge in [-0.1, -0.05) is 17.7 Å². The van der Waals surface area contributed by atoms with Gasteiger partial charge < -0.3 is 4.74 Å². The Hall–Kier alpha value is -1.87. The molecule has 92 valence electrons. The number of halogens is 1. The molecular weight excluding hydrogens is 250 g/mol. The second-order valence-electron chi connectivity index (χ2n) is 3.77. The number of ketones is 1. The van der Waals surface area contributed by atoms with Gasteiger partial charge in [0.2, 0.25) is 0 Å². The Morgan fingerprint density at radius 2 is 2.17 bits per heavy atom. The topological polar surface area (TPSA) is 39.2 Å². The normalized spacial score (nSPS) is 10.1. The fourth-order valence-electron chi connectivity index (χ4n) is 1.66. The highest BCUT2D eigenvalue weighted by molar-refractivity contribution is 6.31. The first-order chi connectivity index (χ1) is 8.70. The van der Waals surface area contributed by atoms with E-state index in [9.17, 15) is 4.79 Å². The van der Waals surface area contributed by atoms with Crippen LogP contribution in [0.3, 0.4) is 0 Å². The first-order valence-electron chi connectivity index (χ1n) is 5.47. The third kappa shape index (κ3) is 2.87. The Balaban J connectivity index is 2.26. The number of carbonyl (C=O) groups excluding carboxylic acids is 1. The van der Waals surface area contributed by atoms with Crippen molar-refractivity contribution in [3.05, 3.63) is 58.9 Å². The molecule has 0 spiro atoms. The fourth-order valence-corrected chi connectivity index (χ4v) is 1.83. The Labute approximate surface area is 110 Å². The fraction of sp³-hybridized carbons (Fsp3) is 0.143. The average Bonchev–Trinajstić information content (AvgIpc) is 2.40. The number of pyridine rings is 1. The SMILES string of the molecule is COc1ccc(Cl)cc1C(=O)Cc1ccccn1. The lowest BCUT2D eigenvalue weighted by Crippen LogP contribution is -2.06. The Bertz CT molecular complexity index is 555. The number of carbonyl (C=O) groups is 1. The molecule has 0 saturated heterocycles. The van der Waals surface area contributed by atoms with Crippen LogP contribution in [-0.2, 0) is 6.42 Å². The van der Waals surface area contributed by atoms with Gasteiger partial charge in [0.05, 0.1) is 19.1 Å². The molecule has 0 amide bonds. The predicted octanol–water partition coefficient (Wildman–Crippen LogP) is 3.17. The molecule has 18 heavy (non-hydrogen) atoms. The molecular formula is C14H12ClNO2. The van der Waals surface area contributed by atoms with Crippen LogP contribution in [0.5, 0.6) is 5.75 Å². The number of aromatic nitrogens is 1. The average molecular weight is 262 g/mol. The van der Waals surface area contributed by atoms with Crippen LogP contribution in [0.1, 0.15) is 16.1 Å². The highest BCUT2D eigenvalue weighted by Crippen LogP contribution is 2.23. The number of hydrogen-bond donors (Lipinski definition) is 0. The number of rotatable bonds is 4. The molecule has 0 N–H and O–H groups in total. The zero-order chi connectivity index (χ0) is 13.0. The molecule has 1 heterocycles. The van der Waals surface area contributed by atoms with Crippen molar-refractivity contribution in [1.82, 2.24) is 4.98 Å². The number of nitrogens with zero attached hydrogens (tertiary/aromatic N) is 1. The van der Waals surface area contributed by atoms with Crippen LogP contribution >= 0.6 is 11.6 Å². The van der Waals surface area contributed by atoms with Gasteiger partial charge in [-0.3, -0.25) is 9.78 Å². The lowest BCUT2D eigenvalue weighted by atomic mass is 10.1. The van der Waals surface area contributed by atoms with Gasteiger partial charge in [-0.2, -0.15) is 0 Å². The molecule has 0 unspecified atom stereocenters. The molecule has 0 atom stereocenters. The smallest absolute Gasteiger partial charge is 0.172 e. The lowest BCUT2D eigenvalue weighted by Gasteiger charge is -2.07. The number of benzene rings is 1. The van der Waals surface area contributed by atoms with Gasteiger partial charge in [0.15, 0.2) is 5.78 Å². The molecule has 2 aromatic rings. The van der Waals surface area contributed by atoms with Gasteiger partial charge in [0.25, 0.3) is 0 Å². The van der Waals surface area contributed by atoms with E-state index in [0.717, 1.165) is 5.69 Å². The summed E-state index contributed by atoms with van der Waals surface area (Å²) in [5.41, 5.74) is 1.21. The summed E-state index contributed by atoms with van der Waals surface area (Å²) in [7, 11) is 1.53. The molecule has 2 rings (SSSR count). The highest BCUT2D eigenvalue weighted by atomic mass is 35.5. The van der Waals surface area contributed by atoms with Crippen molar-refractivity contribution in [1.29, 1.82) is 0 Å². The minimum absolute atomic E-state index is 0.0620. The molecule has 0 aliphatic heterocycles. The van der Waals surface area contributed by atoms with E-state index < -0.39 is 0 Å². The van der Waals surface area contributed by atoms with Crippen LogP contribution in [0.25, 0.3) is 0 Å². The number of ether oxygens (including phenoxy) is 1. The maximum Gasteiger partial charge on any atom is 0.172 e. The van der Waals surface area contributed by atoms with E-state index in [4.69, 9.17) is 16.3 Å². The summed E-state index contributed by atoms with van der Waals surface area (Å²) in [5, 5.41) is 0.514. The third-order valence-corrected chi connectivity index (χ3v) is 2.76. The van der Waals surface area contributed by atoms with Crippen molar-refractivity contribution in [2.24, 2.45) is 0 Å². The summed E-state index contributed by atoms with van der Waals surface area (Å²) in [6, 6.07) is 10.5. The molecule has 0 saturated carbocycles. The van der Waals surface area contributed by atoms with E-state index in [1.807, 2.05) is 18.2 Å². The largest absolute Gasteiger partial charge is 0.496 e. The second-order valence-corrected chi connectivity index (χ2v) is 4.20. The standard InChI is InChI=1S/C14H12ClNO2/c1-18-14-6-5-10(15)8-12(14)13(17)9-11-4-2-3-7-16-11/h2-8H,9H2,1H3. The molecule has 1 aromatic carbocycles. The first-order valence-corrected chi connectivity index (χ1v) is 5.85. The van der Waals surface area contributed by atoms with E-state index >= 15 is 0 Å². The Morgan fingerprint density at radius 1 is 1.33 bits per heavy atom. The number of hydrogen-bond acceptors (Lipinski definition) is 3. The van der Waals surface area contributed by atoms with Crippen LogP contribution in [0, 0.1) is 0 Å². The van der Waals surface area contributed by atoms with Crippen molar-refractivity contribution in [3.63, 3.8) is 0 Å². The zero-order valence-corrected chi connectivity index (χ0v) is 10.6. The summed E-state index contributed by atoms with van der Waals surface area (Å²) < 4.78 is 5.16. The second kappa shape index (κ2) is 5.65. The predicted molar refractivity (Wildman–Crippen MR) is 70.3 cm³/mol.